The molecule has 1 aromatic carbocycles. The molecule has 0 spiro atoms. The summed E-state index contributed by atoms with van der Waals surface area (Å²) >= 11 is 1.57. The van der Waals surface area contributed by atoms with Gasteiger partial charge in [0.15, 0.2) is 0 Å². The average molecular weight is 233 g/mol. The monoisotopic (exact) mass is 233 g/mol. The molecule has 2 aromatic rings. The van der Waals surface area contributed by atoms with Crippen molar-refractivity contribution in [2.24, 2.45) is 5.73 Å². The number of carboxylic acid groups (broad SMARTS) is 1. The van der Waals surface area contributed by atoms with Crippen molar-refractivity contribution in [2.45, 2.75) is 6.04 Å². The van der Waals surface area contributed by atoms with Gasteiger partial charge < -0.3 is 10.8 Å². The minimum absolute atomic E-state index is 0.251. The van der Waals surface area contributed by atoms with Crippen molar-refractivity contribution in [2.75, 3.05) is 0 Å². The Kier molecular flexibility index (Phi) is 3.03. The molecule has 16 heavy (non-hydrogen) atoms. The van der Waals surface area contributed by atoms with Crippen LogP contribution in [0.4, 0.5) is 0 Å². The molecular weight excluding hydrogens is 222 g/mol. The van der Waals surface area contributed by atoms with Crippen LogP contribution in [0, 0.1) is 0 Å². The molecule has 1 unspecified atom stereocenters. The molecule has 2 rings (SSSR count). The average Bonchev–Trinajstić information content (AvgIpc) is 2.81. The van der Waals surface area contributed by atoms with E-state index in [1.54, 1.807) is 29.5 Å². The minimum atomic E-state index is -0.930. The lowest BCUT2D eigenvalue weighted by Gasteiger charge is -2.10. The van der Waals surface area contributed by atoms with Gasteiger partial charge in [-0.05, 0) is 29.1 Å². The SMILES string of the molecule is NC(c1cccc(C(=O)O)c1)c1cccs1. The first kappa shape index (κ1) is 10.9. The summed E-state index contributed by atoms with van der Waals surface area (Å²) in [6, 6.07) is 10.4. The Morgan fingerprint density at radius 3 is 2.75 bits per heavy atom. The van der Waals surface area contributed by atoms with Crippen molar-refractivity contribution < 1.29 is 9.90 Å². The molecule has 82 valence electrons. The Balaban J connectivity index is 2.34. The van der Waals surface area contributed by atoms with Gasteiger partial charge in [-0.3, -0.25) is 0 Å². The Hall–Kier alpha value is -1.65. The normalized spacial score (nSPS) is 12.3. The Labute approximate surface area is 97.2 Å². The van der Waals surface area contributed by atoms with Crippen LogP contribution in [-0.2, 0) is 0 Å². The highest BCUT2D eigenvalue weighted by atomic mass is 32.1. The lowest BCUT2D eigenvalue weighted by atomic mass is 10.0. The van der Waals surface area contributed by atoms with Gasteiger partial charge in [0.25, 0.3) is 0 Å². The second kappa shape index (κ2) is 4.47. The number of hydrogen-bond donors (Lipinski definition) is 2. The number of benzene rings is 1. The van der Waals surface area contributed by atoms with Gasteiger partial charge in [-0.2, -0.15) is 0 Å². The van der Waals surface area contributed by atoms with Crippen molar-refractivity contribution in [3.8, 4) is 0 Å². The zero-order chi connectivity index (χ0) is 11.5. The van der Waals surface area contributed by atoms with E-state index in [2.05, 4.69) is 0 Å². The molecule has 0 saturated carbocycles. The number of thiophene rings is 1. The number of nitrogens with two attached hydrogens (primary N) is 1. The molecule has 0 bridgehead atoms. The summed E-state index contributed by atoms with van der Waals surface area (Å²) in [5, 5.41) is 10.8. The van der Waals surface area contributed by atoms with Crippen LogP contribution >= 0.6 is 11.3 Å². The van der Waals surface area contributed by atoms with Crippen LogP contribution in [-0.4, -0.2) is 11.1 Å². The first-order valence-corrected chi connectivity index (χ1v) is 5.68. The number of carboxylic acids is 1. The summed E-state index contributed by atoms with van der Waals surface area (Å²) in [5.74, 6) is -0.930. The van der Waals surface area contributed by atoms with E-state index in [0.29, 0.717) is 0 Å². The second-order valence-electron chi connectivity index (χ2n) is 3.42. The first-order chi connectivity index (χ1) is 7.68. The molecule has 4 heteroatoms. The van der Waals surface area contributed by atoms with Crippen molar-refractivity contribution in [1.82, 2.24) is 0 Å². The topological polar surface area (TPSA) is 63.3 Å². The Bertz CT molecular complexity index is 493. The van der Waals surface area contributed by atoms with E-state index in [9.17, 15) is 4.79 Å². The fourth-order valence-electron chi connectivity index (χ4n) is 1.50. The molecule has 0 fully saturated rings. The number of aromatic carboxylic acids is 1. The van der Waals surface area contributed by atoms with Crippen LogP contribution in [0.5, 0.6) is 0 Å². The molecule has 0 aliphatic rings. The van der Waals surface area contributed by atoms with Crippen LogP contribution in [0.3, 0.4) is 0 Å². The van der Waals surface area contributed by atoms with Crippen molar-refractivity contribution >= 4 is 17.3 Å². The van der Waals surface area contributed by atoms with Crippen molar-refractivity contribution in [3.05, 3.63) is 57.8 Å². The predicted molar refractivity (Wildman–Crippen MR) is 63.8 cm³/mol. The van der Waals surface area contributed by atoms with Crippen molar-refractivity contribution in [1.29, 1.82) is 0 Å². The van der Waals surface area contributed by atoms with E-state index < -0.39 is 5.97 Å². The maximum atomic E-state index is 10.8. The lowest BCUT2D eigenvalue weighted by molar-refractivity contribution is 0.0697. The molecule has 0 radical (unpaired) electrons. The van der Waals surface area contributed by atoms with Gasteiger partial charge in [-0.15, -0.1) is 11.3 Å². The predicted octanol–water partition coefficient (Wildman–Crippen LogP) is 2.49. The highest BCUT2D eigenvalue weighted by Crippen LogP contribution is 2.24. The molecule has 0 aliphatic heterocycles. The fraction of sp³-hybridized carbons (Fsp3) is 0.0833. The molecular formula is C12H11NO2S. The first-order valence-electron chi connectivity index (χ1n) is 4.80. The third-order valence-corrected chi connectivity index (χ3v) is 3.30. The minimum Gasteiger partial charge on any atom is -0.478 e. The van der Waals surface area contributed by atoms with E-state index >= 15 is 0 Å². The fourth-order valence-corrected chi connectivity index (χ4v) is 2.25. The molecule has 0 amide bonds. The molecule has 1 atom stereocenters. The van der Waals surface area contributed by atoms with Gasteiger partial charge in [0, 0.05) is 4.88 Å². The maximum absolute atomic E-state index is 10.8. The molecule has 0 aliphatic carbocycles. The zero-order valence-corrected chi connectivity index (χ0v) is 9.28. The van der Waals surface area contributed by atoms with Crippen molar-refractivity contribution in [3.63, 3.8) is 0 Å². The smallest absolute Gasteiger partial charge is 0.335 e. The second-order valence-corrected chi connectivity index (χ2v) is 4.40. The van der Waals surface area contributed by atoms with Crippen LogP contribution < -0.4 is 5.73 Å². The van der Waals surface area contributed by atoms with Gasteiger partial charge in [-0.1, -0.05) is 18.2 Å². The standard InChI is InChI=1S/C12H11NO2S/c13-11(10-5-2-6-16-10)8-3-1-4-9(7-8)12(14)15/h1-7,11H,13H2,(H,14,15). The summed E-state index contributed by atoms with van der Waals surface area (Å²) < 4.78 is 0. The van der Waals surface area contributed by atoms with Gasteiger partial charge >= 0.3 is 5.97 Å². The molecule has 3 nitrogen and oxygen atoms in total. The summed E-state index contributed by atoms with van der Waals surface area (Å²) in [6.45, 7) is 0. The highest BCUT2D eigenvalue weighted by molar-refractivity contribution is 7.10. The van der Waals surface area contributed by atoms with Gasteiger partial charge in [-0.25, -0.2) is 4.79 Å². The van der Waals surface area contributed by atoms with E-state index in [1.165, 1.54) is 0 Å². The third-order valence-electron chi connectivity index (χ3n) is 2.34. The lowest BCUT2D eigenvalue weighted by Crippen LogP contribution is -2.11. The van der Waals surface area contributed by atoms with Gasteiger partial charge in [0.05, 0.1) is 11.6 Å². The molecule has 3 N–H and O–H groups in total. The number of carbonyl (C=O) groups is 1. The molecule has 1 aromatic heterocycles. The quantitative estimate of drug-likeness (QED) is 0.856. The summed E-state index contributed by atoms with van der Waals surface area (Å²) in [6.07, 6.45) is 0. The number of hydrogen-bond acceptors (Lipinski definition) is 3. The van der Waals surface area contributed by atoms with Crippen LogP contribution in [0.25, 0.3) is 0 Å². The third kappa shape index (κ3) is 2.13. The van der Waals surface area contributed by atoms with Gasteiger partial charge in [0.2, 0.25) is 0 Å². The van der Waals surface area contributed by atoms with E-state index in [-0.39, 0.29) is 11.6 Å². The summed E-state index contributed by atoms with van der Waals surface area (Å²) in [5.41, 5.74) is 7.14. The Morgan fingerprint density at radius 2 is 2.12 bits per heavy atom. The highest BCUT2D eigenvalue weighted by Gasteiger charge is 2.11. The summed E-state index contributed by atoms with van der Waals surface area (Å²) in [7, 11) is 0. The van der Waals surface area contributed by atoms with Crippen LogP contribution in [0.15, 0.2) is 41.8 Å². The van der Waals surface area contributed by atoms with E-state index in [4.69, 9.17) is 10.8 Å². The van der Waals surface area contributed by atoms with E-state index in [1.807, 2.05) is 23.6 Å². The largest absolute Gasteiger partial charge is 0.478 e. The van der Waals surface area contributed by atoms with Crippen LogP contribution in [0.2, 0.25) is 0 Å². The van der Waals surface area contributed by atoms with Gasteiger partial charge in [0.1, 0.15) is 0 Å². The zero-order valence-electron chi connectivity index (χ0n) is 8.46. The molecule has 1 heterocycles. The molecule has 0 saturated heterocycles. The maximum Gasteiger partial charge on any atom is 0.335 e. The number of rotatable bonds is 3. The Morgan fingerprint density at radius 1 is 1.31 bits per heavy atom. The van der Waals surface area contributed by atoms with Crippen LogP contribution in [0.1, 0.15) is 26.8 Å². The van der Waals surface area contributed by atoms with E-state index in [0.717, 1.165) is 10.4 Å². The summed E-state index contributed by atoms with van der Waals surface area (Å²) in [4.78, 5) is 11.9.